The van der Waals surface area contributed by atoms with Crippen LogP contribution in [0.1, 0.15) is 16.7 Å². The number of benzene rings is 2. The van der Waals surface area contributed by atoms with Gasteiger partial charge in [-0.2, -0.15) is 0 Å². The lowest BCUT2D eigenvalue weighted by atomic mass is 10.1. The number of hydrogen-bond donors (Lipinski definition) is 0. The van der Waals surface area contributed by atoms with Gasteiger partial charge in [0.15, 0.2) is 0 Å². The Hall–Kier alpha value is -1.40. The van der Waals surface area contributed by atoms with E-state index in [0.29, 0.717) is 15.8 Å². The zero-order chi connectivity index (χ0) is 15.6. The number of rotatable bonds is 4. The van der Waals surface area contributed by atoms with E-state index >= 15 is 0 Å². The number of ether oxygens (including phenoxy) is 1. The minimum absolute atomic E-state index is 0.0509. The van der Waals surface area contributed by atoms with Crippen molar-refractivity contribution in [2.45, 2.75) is 20.5 Å². The molecule has 0 saturated heterocycles. The highest BCUT2D eigenvalue weighted by Crippen LogP contribution is 2.28. The highest BCUT2D eigenvalue weighted by Gasteiger charge is 2.15. The molecule has 21 heavy (non-hydrogen) atoms. The van der Waals surface area contributed by atoms with Gasteiger partial charge in [0.2, 0.25) is 0 Å². The highest BCUT2D eigenvalue weighted by molar-refractivity contribution is 9.10. The van der Waals surface area contributed by atoms with Gasteiger partial charge in [-0.05, 0) is 49.2 Å². The molecular weight excluding hydrogens is 402 g/mol. The average Bonchev–Trinajstić information content (AvgIpc) is 2.43. The van der Waals surface area contributed by atoms with Crippen molar-refractivity contribution in [3.05, 3.63) is 66.1 Å². The van der Waals surface area contributed by atoms with E-state index in [-0.39, 0.29) is 12.3 Å². The molecule has 2 aromatic carbocycles. The maximum Gasteiger partial charge on any atom is 0.277 e. The van der Waals surface area contributed by atoms with Crippen molar-refractivity contribution in [2.24, 2.45) is 0 Å². The molecule has 0 unspecified atom stereocenters. The first-order valence-corrected chi connectivity index (χ1v) is 7.79. The maximum absolute atomic E-state index is 11.1. The molecule has 2 rings (SSSR count). The van der Waals surface area contributed by atoms with E-state index in [1.165, 1.54) is 6.07 Å². The first-order chi connectivity index (χ1) is 9.88. The number of nitrogens with zero attached hydrogens (tertiary/aromatic N) is 1. The van der Waals surface area contributed by atoms with Crippen LogP contribution in [0.25, 0.3) is 0 Å². The van der Waals surface area contributed by atoms with Crippen LogP contribution in [0, 0.1) is 24.0 Å². The standard InChI is InChI=1S/C15H13Br2NO3/c1-9-5-13(6-10(2)15(9)17)21-8-11-3-4-12(16)7-14(11)18(19)20/h3-7H,8H2,1-2H3. The van der Waals surface area contributed by atoms with E-state index in [1.54, 1.807) is 12.1 Å². The van der Waals surface area contributed by atoms with Gasteiger partial charge in [-0.25, -0.2) is 0 Å². The van der Waals surface area contributed by atoms with Gasteiger partial charge in [0.1, 0.15) is 12.4 Å². The van der Waals surface area contributed by atoms with Crippen molar-refractivity contribution < 1.29 is 9.66 Å². The van der Waals surface area contributed by atoms with Crippen molar-refractivity contribution in [1.82, 2.24) is 0 Å². The Balaban J connectivity index is 2.22. The molecule has 0 fully saturated rings. The summed E-state index contributed by atoms with van der Waals surface area (Å²) in [5, 5.41) is 11.1. The summed E-state index contributed by atoms with van der Waals surface area (Å²) >= 11 is 6.74. The SMILES string of the molecule is Cc1cc(OCc2ccc(Br)cc2[N+](=O)[O-])cc(C)c1Br. The summed E-state index contributed by atoms with van der Waals surface area (Å²) in [6, 6.07) is 8.75. The minimum Gasteiger partial charge on any atom is -0.489 e. The fourth-order valence-corrected chi connectivity index (χ4v) is 2.56. The lowest BCUT2D eigenvalue weighted by Gasteiger charge is -2.10. The van der Waals surface area contributed by atoms with Crippen molar-refractivity contribution in [1.29, 1.82) is 0 Å². The normalized spacial score (nSPS) is 10.5. The van der Waals surface area contributed by atoms with Crippen molar-refractivity contribution in [2.75, 3.05) is 0 Å². The molecule has 0 aliphatic rings. The maximum atomic E-state index is 11.1. The highest BCUT2D eigenvalue weighted by atomic mass is 79.9. The number of aryl methyl sites for hydroxylation is 2. The van der Waals surface area contributed by atoms with Crippen molar-refractivity contribution in [3.63, 3.8) is 0 Å². The Morgan fingerprint density at radius 2 is 1.76 bits per heavy atom. The fourth-order valence-electron chi connectivity index (χ4n) is 1.98. The Labute approximate surface area is 139 Å². The summed E-state index contributed by atoms with van der Waals surface area (Å²) < 4.78 is 7.42. The van der Waals surface area contributed by atoms with Crippen LogP contribution in [-0.4, -0.2) is 4.92 Å². The quantitative estimate of drug-likeness (QED) is 0.502. The third-order valence-corrected chi connectivity index (χ3v) is 4.79. The molecule has 0 atom stereocenters. The van der Waals surface area contributed by atoms with E-state index in [2.05, 4.69) is 31.9 Å². The van der Waals surface area contributed by atoms with E-state index in [0.717, 1.165) is 15.6 Å². The van der Waals surface area contributed by atoms with Crippen LogP contribution >= 0.6 is 31.9 Å². The van der Waals surface area contributed by atoms with Crippen LogP contribution in [0.2, 0.25) is 0 Å². The van der Waals surface area contributed by atoms with Crippen LogP contribution in [0.15, 0.2) is 39.3 Å². The number of hydrogen-bond acceptors (Lipinski definition) is 3. The molecule has 0 aliphatic carbocycles. The van der Waals surface area contributed by atoms with Gasteiger partial charge in [0.25, 0.3) is 5.69 Å². The van der Waals surface area contributed by atoms with Crippen LogP contribution in [-0.2, 0) is 6.61 Å². The zero-order valence-electron chi connectivity index (χ0n) is 11.5. The lowest BCUT2D eigenvalue weighted by molar-refractivity contribution is -0.385. The van der Waals surface area contributed by atoms with Gasteiger partial charge >= 0.3 is 0 Å². The third kappa shape index (κ3) is 3.83. The first-order valence-electron chi connectivity index (χ1n) is 6.21. The summed E-state index contributed by atoms with van der Waals surface area (Å²) in [6.07, 6.45) is 0. The summed E-state index contributed by atoms with van der Waals surface area (Å²) in [5.74, 6) is 0.699. The lowest BCUT2D eigenvalue weighted by Crippen LogP contribution is -2.01. The molecule has 110 valence electrons. The largest absolute Gasteiger partial charge is 0.489 e. The number of halogens is 2. The molecule has 0 amide bonds. The molecule has 0 N–H and O–H groups in total. The van der Waals surface area contributed by atoms with E-state index in [4.69, 9.17) is 4.74 Å². The molecule has 0 heterocycles. The first kappa shape index (κ1) is 16.0. The Morgan fingerprint density at radius 1 is 1.14 bits per heavy atom. The van der Waals surface area contributed by atoms with Gasteiger partial charge in [-0.15, -0.1) is 0 Å². The summed E-state index contributed by atoms with van der Waals surface area (Å²) in [4.78, 5) is 10.7. The van der Waals surface area contributed by atoms with Gasteiger partial charge in [0, 0.05) is 15.0 Å². The van der Waals surface area contributed by atoms with Crippen molar-refractivity contribution >= 4 is 37.5 Å². The van der Waals surface area contributed by atoms with Crippen LogP contribution < -0.4 is 4.74 Å². The van der Waals surface area contributed by atoms with Gasteiger partial charge < -0.3 is 4.74 Å². The molecule has 0 aliphatic heterocycles. The second-order valence-electron chi connectivity index (χ2n) is 4.69. The van der Waals surface area contributed by atoms with Gasteiger partial charge in [-0.1, -0.05) is 31.9 Å². The summed E-state index contributed by atoms with van der Waals surface area (Å²) in [5.41, 5.74) is 2.72. The average molecular weight is 415 g/mol. The van der Waals surface area contributed by atoms with Gasteiger partial charge in [-0.3, -0.25) is 10.1 Å². The predicted molar refractivity (Wildman–Crippen MR) is 88.7 cm³/mol. The molecule has 0 spiro atoms. The van der Waals surface area contributed by atoms with Crippen LogP contribution in [0.5, 0.6) is 5.75 Å². The molecule has 6 heteroatoms. The number of nitro groups is 1. The van der Waals surface area contributed by atoms with Crippen LogP contribution in [0.4, 0.5) is 5.69 Å². The monoisotopic (exact) mass is 413 g/mol. The second kappa shape index (κ2) is 6.58. The van der Waals surface area contributed by atoms with E-state index < -0.39 is 4.92 Å². The van der Waals surface area contributed by atoms with Crippen LogP contribution in [0.3, 0.4) is 0 Å². The van der Waals surface area contributed by atoms with E-state index in [9.17, 15) is 10.1 Å². The van der Waals surface area contributed by atoms with Gasteiger partial charge in [0.05, 0.1) is 10.5 Å². The van der Waals surface area contributed by atoms with Crippen molar-refractivity contribution in [3.8, 4) is 5.75 Å². The zero-order valence-corrected chi connectivity index (χ0v) is 14.7. The molecule has 4 nitrogen and oxygen atoms in total. The predicted octanol–water partition coefficient (Wildman–Crippen LogP) is 5.32. The molecule has 0 saturated carbocycles. The van der Waals surface area contributed by atoms with E-state index in [1.807, 2.05) is 26.0 Å². The number of nitro benzene ring substituents is 1. The Kier molecular flexibility index (Phi) is 5.00. The molecule has 0 aromatic heterocycles. The topological polar surface area (TPSA) is 52.4 Å². The Morgan fingerprint density at radius 3 is 2.33 bits per heavy atom. The summed E-state index contributed by atoms with van der Waals surface area (Å²) in [7, 11) is 0. The molecular formula is C15H13Br2NO3. The Bertz CT molecular complexity index is 678. The fraction of sp³-hybridized carbons (Fsp3) is 0.200. The third-order valence-electron chi connectivity index (χ3n) is 3.05. The second-order valence-corrected chi connectivity index (χ2v) is 6.40. The minimum atomic E-state index is -0.401. The molecule has 2 aromatic rings. The summed E-state index contributed by atoms with van der Waals surface area (Å²) in [6.45, 7) is 4.11. The smallest absolute Gasteiger partial charge is 0.277 e. The molecule has 0 radical (unpaired) electrons. The molecule has 0 bridgehead atoms.